The number of benzene rings is 1. The number of furan rings is 1. The van der Waals surface area contributed by atoms with Gasteiger partial charge in [0, 0.05) is 11.9 Å². The number of hydrogen-bond donors (Lipinski definition) is 2. The first-order valence-corrected chi connectivity index (χ1v) is 11.7. The van der Waals surface area contributed by atoms with E-state index in [-0.39, 0.29) is 18.3 Å². The number of nitrogens with zero attached hydrogens (tertiary/aromatic N) is 1. The molecule has 0 amide bonds. The minimum absolute atomic E-state index is 0.00378. The molecule has 1 aromatic heterocycles. The summed E-state index contributed by atoms with van der Waals surface area (Å²) in [6.45, 7) is 12.4. The lowest BCUT2D eigenvalue weighted by atomic mass is 10.2. The molecular weight excluding hydrogens is 390 g/mol. The number of guanidine groups is 1. The highest BCUT2D eigenvalue weighted by molar-refractivity contribution is 7.92. The highest BCUT2D eigenvalue weighted by Crippen LogP contribution is 2.31. The predicted octanol–water partition coefficient (Wildman–Crippen LogP) is 3.66. The largest absolute Gasteiger partial charge is 0.490 e. The third kappa shape index (κ3) is 5.88. The van der Waals surface area contributed by atoms with E-state index in [1.54, 1.807) is 20.8 Å². The number of fused-ring (bicyclic) bond motifs is 1. The van der Waals surface area contributed by atoms with Gasteiger partial charge in [-0.1, -0.05) is 12.1 Å². The zero-order valence-electron chi connectivity index (χ0n) is 18.2. The molecule has 0 aliphatic carbocycles. The van der Waals surface area contributed by atoms with Crippen molar-refractivity contribution in [3.8, 4) is 5.75 Å². The minimum Gasteiger partial charge on any atom is -0.490 e. The Morgan fingerprint density at radius 2 is 2.00 bits per heavy atom. The molecule has 0 bridgehead atoms. The number of nitrogens with one attached hydrogen (secondary N) is 2. The van der Waals surface area contributed by atoms with Crippen LogP contribution in [0, 0.1) is 0 Å². The van der Waals surface area contributed by atoms with Crippen LogP contribution in [0.5, 0.6) is 5.75 Å². The molecule has 0 radical (unpaired) electrons. The maximum atomic E-state index is 12.3. The second-order valence-corrected chi connectivity index (χ2v) is 10.7. The van der Waals surface area contributed by atoms with Gasteiger partial charge in [-0.25, -0.2) is 8.42 Å². The molecule has 2 aromatic rings. The quantitative estimate of drug-likeness (QED) is 0.497. The van der Waals surface area contributed by atoms with Gasteiger partial charge in [0.05, 0.1) is 29.7 Å². The lowest BCUT2D eigenvalue weighted by molar-refractivity contribution is 0.336. The number of rotatable bonds is 8. The summed E-state index contributed by atoms with van der Waals surface area (Å²) in [6, 6.07) is 7.62. The summed E-state index contributed by atoms with van der Waals surface area (Å²) in [6.07, 6.45) is 0. The van der Waals surface area contributed by atoms with Gasteiger partial charge in [-0.2, -0.15) is 0 Å². The van der Waals surface area contributed by atoms with Crippen LogP contribution in [0.25, 0.3) is 11.0 Å². The molecule has 2 N–H and O–H groups in total. The van der Waals surface area contributed by atoms with E-state index < -0.39 is 14.6 Å². The Labute approximate surface area is 173 Å². The number of hydrogen-bond acceptors (Lipinski definition) is 5. The van der Waals surface area contributed by atoms with Gasteiger partial charge in [0.15, 0.2) is 27.1 Å². The minimum atomic E-state index is -3.21. The fourth-order valence-electron chi connectivity index (χ4n) is 2.72. The molecule has 1 aromatic carbocycles. The standard InChI is InChI=1S/C21H33N3O4S/c1-7-22-20(23-12-13-29(25,26)21(4,5)6)24-15(3)18-14-16-10-9-11-17(27-8-2)19(16)28-18/h9-11,14-15H,7-8,12-13H2,1-6H3,(H2,22,23,24). The molecule has 1 atom stereocenters. The zero-order chi connectivity index (χ0) is 21.7. The van der Waals surface area contributed by atoms with Gasteiger partial charge in [0.1, 0.15) is 5.76 Å². The summed E-state index contributed by atoms with van der Waals surface area (Å²) in [5.41, 5.74) is 0.719. The van der Waals surface area contributed by atoms with Crippen LogP contribution in [0.1, 0.15) is 53.3 Å². The first-order chi connectivity index (χ1) is 13.6. The summed E-state index contributed by atoms with van der Waals surface area (Å²) < 4.78 is 35.4. The van der Waals surface area contributed by atoms with E-state index in [2.05, 4.69) is 15.6 Å². The van der Waals surface area contributed by atoms with Gasteiger partial charge in [-0.15, -0.1) is 0 Å². The second-order valence-electron chi connectivity index (χ2n) is 7.81. The van der Waals surface area contributed by atoms with E-state index >= 15 is 0 Å². The molecule has 0 saturated heterocycles. The monoisotopic (exact) mass is 423 g/mol. The Morgan fingerprint density at radius 3 is 2.62 bits per heavy atom. The first-order valence-electron chi connectivity index (χ1n) is 10.0. The lowest BCUT2D eigenvalue weighted by Crippen LogP contribution is -2.39. The number of aliphatic imine (C=N–C) groups is 1. The van der Waals surface area contributed by atoms with Crippen molar-refractivity contribution in [1.82, 2.24) is 10.6 Å². The molecule has 29 heavy (non-hydrogen) atoms. The number of sulfone groups is 1. The van der Waals surface area contributed by atoms with Crippen molar-refractivity contribution < 1.29 is 17.6 Å². The van der Waals surface area contributed by atoms with E-state index in [0.29, 0.717) is 19.1 Å². The Balaban J connectivity index is 2.14. The average Bonchev–Trinajstić information content (AvgIpc) is 3.06. The van der Waals surface area contributed by atoms with Crippen molar-refractivity contribution in [3.05, 3.63) is 30.0 Å². The molecule has 0 fully saturated rings. The topological polar surface area (TPSA) is 92.9 Å². The van der Waals surface area contributed by atoms with E-state index in [0.717, 1.165) is 22.5 Å². The fraction of sp³-hybridized carbons (Fsp3) is 0.571. The molecule has 1 unspecified atom stereocenters. The first kappa shape index (κ1) is 23.1. The maximum Gasteiger partial charge on any atom is 0.191 e. The third-order valence-corrected chi connectivity index (χ3v) is 7.10. The molecule has 0 saturated carbocycles. The number of ether oxygens (including phenoxy) is 1. The molecule has 1 heterocycles. The van der Waals surface area contributed by atoms with Gasteiger partial charge in [-0.3, -0.25) is 4.99 Å². The van der Waals surface area contributed by atoms with Gasteiger partial charge >= 0.3 is 0 Å². The summed E-state index contributed by atoms with van der Waals surface area (Å²) in [5.74, 6) is 2.02. The Hall–Kier alpha value is -2.22. The molecule has 0 aliphatic rings. The average molecular weight is 424 g/mol. The Kier molecular flexibility index (Phi) is 7.57. The van der Waals surface area contributed by atoms with Gasteiger partial charge in [0.25, 0.3) is 0 Å². The summed E-state index contributed by atoms with van der Waals surface area (Å²) in [7, 11) is -3.21. The van der Waals surface area contributed by atoms with E-state index in [9.17, 15) is 8.42 Å². The lowest BCUT2D eigenvalue weighted by Gasteiger charge is -2.19. The van der Waals surface area contributed by atoms with E-state index in [1.165, 1.54) is 0 Å². The Morgan fingerprint density at radius 1 is 1.28 bits per heavy atom. The van der Waals surface area contributed by atoms with Crippen LogP contribution >= 0.6 is 0 Å². The fourth-order valence-corrected chi connectivity index (χ4v) is 3.66. The highest BCUT2D eigenvalue weighted by Gasteiger charge is 2.28. The molecular formula is C21H33N3O4S. The number of para-hydroxylation sites is 1. The zero-order valence-corrected chi connectivity index (χ0v) is 19.0. The smallest absolute Gasteiger partial charge is 0.191 e. The summed E-state index contributed by atoms with van der Waals surface area (Å²) in [4.78, 5) is 4.43. The van der Waals surface area contributed by atoms with Crippen LogP contribution < -0.4 is 15.4 Å². The van der Waals surface area contributed by atoms with Gasteiger partial charge in [-0.05, 0) is 53.7 Å². The van der Waals surface area contributed by atoms with E-state index in [4.69, 9.17) is 9.15 Å². The van der Waals surface area contributed by atoms with Crippen molar-refractivity contribution in [1.29, 1.82) is 0 Å². The van der Waals surface area contributed by atoms with Crippen molar-refractivity contribution in [2.75, 3.05) is 25.4 Å². The summed E-state index contributed by atoms with van der Waals surface area (Å²) in [5, 5.41) is 7.40. The van der Waals surface area contributed by atoms with Crippen molar-refractivity contribution in [2.24, 2.45) is 4.99 Å². The third-order valence-electron chi connectivity index (χ3n) is 4.51. The summed E-state index contributed by atoms with van der Waals surface area (Å²) >= 11 is 0. The SMILES string of the molecule is CCNC(=NCCS(=O)(=O)C(C)(C)C)NC(C)c1cc2cccc(OCC)c2o1. The second kappa shape index (κ2) is 9.52. The highest BCUT2D eigenvalue weighted by atomic mass is 32.2. The molecule has 2 rings (SSSR count). The van der Waals surface area contributed by atoms with Crippen molar-refractivity contribution >= 4 is 26.8 Å². The molecule has 7 nitrogen and oxygen atoms in total. The van der Waals surface area contributed by atoms with Crippen LogP contribution in [0.2, 0.25) is 0 Å². The normalized spacial score (nSPS) is 14.1. The molecule has 8 heteroatoms. The van der Waals surface area contributed by atoms with Crippen LogP contribution in [0.15, 0.2) is 33.7 Å². The van der Waals surface area contributed by atoms with Gasteiger partial charge < -0.3 is 19.8 Å². The van der Waals surface area contributed by atoms with Crippen molar-refractivity contribution in [3.63, 3.8) is 0 Å². The molecule has 0 spiro atoms. The van der Waals surface area contributed by atoms with Crippen LogP contribution in [0.3, 0.4) is 0 Å². The van der Waals surface area contributed by atoms with Gasteiger partial charge in [0.2, 0.25) is 0 Å². The maximum absolute atomic E-state index is 12.3. The molecule has 0 aliphatic heterocycles. The van der Waals surface area contributed by atoms with Crippen LogP contribution in [-0.4, -0.2) is 44.6 Å². The van der Waals surface area contributed by atoms with E-state index in [1.807, 2.05) is 45.0 Å². The van der Waals surface area contributed by atoms with Crippen molar-refractivity contribution in [2.45, 2.75) is 52.3 Å². The van der Waals surface area contributed by atoms with Crippen LogP contribution in [0.4, 0.5) is 0 Å². The predicted molar refractivity (Wildman–Crippen MR) is 118 cm³/mol. The Bertz CT molecular complexity index is 942. The van der Waals surface area contributed by atoms with Crippen LogP contribution in [-0.2, 0) is 9.84 Å². The molecule has 162 valence electrons.